The quantitative estimate of drug-likeness (QED) is 0.793. The van der Waals surface area contributed by atoms with Crippen molar-refractivity contribution in [1.29, 1.82) is 0 Å². The van der Waals surface area contributed by atoms with E-state index in [1.54, 1.807) is 0 Å². The molecule has 1 saturated carbocycles. The van der Waals surface area contributed by atoms with Gasteiger partial charge in [0.25, 0.3) is 0 Å². The molecule has 3 rings (SSSR count). The Morgan fingerprint density at radius 2 is 1.10 bits per heavy atom. The van der Waals surface area contributed by atoms with Crippen molar-refractivity contribution in [2.75, 3.05) is 0 Å². The van der Waals surface area contributed by atoms with Crippen LogP contribution in [0.3, 0.4) is 0 Å². The van der Waals surface area contributed by atoms with Gasteiger partial charge >= 0.3 is 0 Å². The molecule has 2 atom stereocenters. The lowest BCUT2D eigenvalue weighted by atomic mass is 10.2. The molecule has 2 aromatic carbocycles. The third-order valence-electron chi connectivity index (χ3n) is 3.79. The second-order valence-electron chi connectivity index (χ2n) is 5.38. The van der Waals surface area contributed by atoms with Crippen LogP contribution in [0.25, 0.3) is 0 Å². The van der Waals surface area contributed by atoms with E-state index >= 15 is 0 Å². The Balaban J connectivity index is 1.44. The average molecular weight is 268 g/mol. The van der Waals surface area contributed by atoms with E-state index in [0.717, 1.165) is 0 Å². The molecule has 1 aliphatic carbocycles. The van der Waals surface area contributed by atoms with E-state index in [0.29, 0.717) is 19.1 Å². The minimum atomic E-state index is 0.235. The van der Waals surface area contributed by atoms with Gasteiger partial charge in [0, 0.05) is 5.92 Å². The highest BCUT2D eigenvalue weighted by Crippen LogP contribution is 2.38. The normalized spacial score (nSPS) is 24.6. The van der Waals surface area contributed by atoms with Gasteiger partial charge in [-0.3, -0.25) is 0 Å². The molecule has 0 aromatic heterocycles. The van der Waals surface area contributed by atoms with Crippen molar-refractivity contribution in [3.63, 3.8) is 0 Å². The summed E-state index contributed by atoms with van der Waals surface area (Å²) in [7, 11) is 0. The summed E-state index contributed by atoms with van der Waals surface area (Å²) in [5.41, 5.74) is 2.43. The van der Waals surface area contributed by atoms with Gasteiger partial charge in [-0.1, -0.05) is 67.6 Å². The molecule has 0 aliphatic heterocycles. The molecular weight excluding hydrogens is 248 g/mol. The minimum absolute atomic E-state index is 0.235. The largest absolute Gasteiger partial charge is 0.370 e. The Morgan fingerprint density at radius 3 is 1.50 bits per heavy atom. The molecule has 0 N–H and O–H groups in total. The van der Waals surface area contributed by atoms with Crippen LogP contribution in [0.15, 0.2) is 60.7 Å². The maximum absolute atomic E-state index is 5.93. The lowest BCUT2D eigenvalue weighted by Gasteiger charge is -2.05. The van der Waals surface area contributed by atoms with Crippen molar-refractivity contribution in [3.05, 3.63) is 71.8 Å². The van der Waals surface area contributed by atoms with Gasteiger partial charge in [0.1, 0.15) is 0 Å². The van der Waals surface area contributed by atoms with Gasteiger partial charge in [-0.15, -0.1) is 0 Å². The summed E-state index contributed by atoms with van der Waals surface area (Å²) < 4.78 is 11.9. The summed E-state index contributed by atoms with van der Waals surface area (Å²) in [6, 6.07) is 20.6. The molecule has 0 spiro atoms. The van der Waals surface area contributed by atoms with Gasteiger partial charge in [0.2, 0.25) is 0 Å². The van der Waals surface area contributed by atoms with Crippen LogP contribution in [0.2, 0.25) is 0 Å². The SMILES string of the molecule is CC1C(OCc2ccccc2)C1OCc1ccccc1. The first-order valence-corrected chi connectivity index (χ1v) is 7.15. The Kier molecular flexibility index (Phi) is 4.14. The number of rotatable bonds is 6. The monoisotopic (exact) mass is 268 g/mol. The second kappa shape index (κ2) is 6.21. The Morgan fingerprint density at radius 1 is 0.700 bits per heavy atom. The predicted octanol–water partition coefficient (Wildman–Crippen LogP) is 3.81. The van der Waals surface area contributed by atoms with Gasteiger partial charge < -0.3 is 9.47 Å². The van der Waals surface area contributed by atoms with Crippen molar-refractivity contribution in [3.8, 4) is 0 Å². The zero-order valence-corrected chi connectivity index (χ0v) is 11.7. The molecule has 2 aromatic rings. The smallest absolute Gasteiger partial charge is 0.0896 e. The van der Waals surface area contributed by atoms with E-state index in [1.807, 2.05) is 36.4 Å². The van der Waals surface area contributed by atoms with E-state index < -0.39 is 0 Å². The van der Waals surface area contributed by atoms with Crippen LogP contribution >= 0.6 is 0 Å². The van der Waals surface area contributed by atoms with Gasteiger partial charge in [0.05, 0.1) is 25.4 Å². The first-order valence-electron chi connectivity index (χ1n) is 7.15. The lowest BCUT2D eigenvalue weighted by molar-refractivity contribution is 0.0291. The van der Waals surface area contributed by atoms with Crippen molar-refractivity contribution in [2.45, 2.75) is 32.3 Å². The van der Waals surface area contributed by atoms with Crippen LogP contribution in [0, 0.1) is 5.92 Å². The van der Waals surface area contributed by atoms with E-state index in [2.05, 4.69) is 31.2 Å². The third kappa shape index (κ3) is 3.27. The zero-order chi connectivity index (χ0) is 13.8. The Bertz CT molecular complexity index is 474. The van der Waals surface area contributed by atoms with Crippen molar-refractivity contribution in [1.82, 2.24) is 0 Å². The predicted molar refractivity (Wildman–Crippen MR) is 79.2 cm³/mol. The Hall–Kier alpha value is -1.64. The molecule has 1 fully saturated rings. The van der Waals surface area contributed by atoms with Crippen molar-refractivity contribution < 1.29 is 9.47 Å². The summed E-state index contributed by atoms with van der Waals surface area (Å²) in [5.74, 6) is 0.488. The van der Waals surface area contributed by atoms with Crippen LogP contribution in [0.1, 0.15) is 18.1 Å². The molecule has 0 radical (unpaired) electrons. The fourth-order valence-corrected chi connectivity index (χ4v) is 2.42. The van der Waals surface area contributed by atoms with Crippen LogP contribution < -0.4 is 0 Å². The van der Waals surface area contributed by atoms with Gasteiger partial charge in [0.15, 0.2) is 0 Å². The van der Waals surface area contributed by atoms with E-state index in [1.165, 1.54) is 11.1 Å². The van der Waals surface area contributed by atoms with Crippen LogP contribution in [-0.4, -0.2) is 12.2 Å². The molecular formula is C18H20O2. The van der Waals surface area contributed by atoms with Crippen LogP contribution in [0.5, 0.6) is 0 Å². The van der Waals surface area contributed by atoms with Gasteiger partial charge in [-0.25, -0.2) is 0 Å². The van der Waals surface area contributed by atoms with Crippen molar-refractivity contribution >= 4 is 0 Å². The molecule has 2 nitrogen and oxygen atoms in total. The van der Waals surface area contributed by atoms with Crippen molar-refractivity contribution in [2.24, 2.45) is 5.92 Å². The molecule has 0 bridgehead atoms. The van der Waals surface area contributed by atoms with E-state index in [4.69, 9.17) is 9.47 Å². The molecule has 0 saturated heterocycles. The number of benzene rings is 2. The zero-order valence-electron chi connectivity index (χ0n) is 11.7. The summed E-state index contributed by atoms with van der Waals surface area (Å²) in [6.45, 7) is 3.52. The molecule has 1 aliphatic rings. The summed E-state index contributed by atoms with van der Waals surface area (Å²) in [5, 5.41) is 0. The van der Waals surface area contributed by atoms with Crippen LogP contribution in [-0.2, 0) is 22.7 Å². The highest BCUT2D eigenvalue weighted by molar-refractivity contribution is 5.15. The second-order valence-corrected chi connectivity index (χ2v) is 5.38. The topological polar surface area (TPSA) is 18.5 Å². The number of hydrogen-bond donors (Lipinski definition) is 0. The maximum Gasteiger partial charge on any atom is 0.0896 e. The number of ether oxygens (including phenoxy) is 2. The molecule has 0 heterocycles. The molecule has 20 heavy (non-hydrogen) atoms. The highest BCUT2D eigenvalue weighted by Gasteiger charge is 2.49. The number of hydrogen-bond acceptors (Lipinski definition) is 2. The van der Waals surface area contributed by atoms with E-state index in [-0.39, 0.29) is 12.2 Å². The maximum atomic E-state index is 5.93. The third-order valence-corrected chi connectivity index (χ3v) is 3.79. The summed E-state index contributed by atoms with van der Waals surface area (Å²) >= 11 is 0. The highest BCUT2D eigenvalue weighted by atomic mass is 16.6. The average Bonchev–Trinajstić information content (AvgIpc) is 3.14. The summed E-state index contributed by atoms with van der Waals surface area (Å²) in [6.07, 6.45) is 0.470. The van der Waals surface area contributed by atoms with Gasteiger partial charge in [-0.05, 0) is 11.1 Å². The van der Waals surface area contributed by atoms with E-state index in [9.17, 15) is 0 Å². The first-order chi connectivity index (χ1) is 9.84. The fourth-order valence-electron chi connectivity index (χ4n) is 2.42. The van der Waals surface area contributed by atoms with Gasteiger partial charge in [-0.2, -0.15) is 0 Å². The summed E-state index contributed by atoms with van der Waals surface area (Å²) in [4.78, 5) is 0. The minimum Gasteiger partial charge on any atom is -0.370 e. The lowest BCUT2D eigenvalue weighted by Crippen LogP contribution is -2.04. The first kappa shape index (κ1) is 13.3. The molecule has 2 unspecified atom stereocenters. The van der Waals surface area contributed by atoms with Crippen LogP contribution in [0.4, 0.5) is 0 Å². The molecule has 2 heteroatoms. The standard InChI is InChI=1S/C18H20O2/c1-14-17(19-12-15-8-4-2-5-9-15)18(14)20-13-16-10-6-3-7-11-16/h2-11,14,17-18H,12-13H2,1H3. The Labute approximate surface area is 120 Å². The molecule has 104 valence electrons. The molecule has 0 amide bonds. The fraction of sp³-hybridized carbons (Fsp3) is 0.333.